The van der Waals surface area contributed by atoms with Crippen LogP contribution in [0.25, 0.3) is 0 Å². The lowest BCUT2D eigenvalue weighted by molar-refractivity contribution is -0.123. The summed E-state index contributed by atoms with van der Waals surface area (Å²) < 4.78 is 12.7. The number of hydrazine groups is 1. The maximum atomic E-state index is 13.1. The highest BCUT2D eigenvalue weighted by atomic mass is 32.1. The van der Waals surface area contributed by atoms with E-state index in [9.17, 15) is 4.79 Å². The van der Waals surface area contributed by atoms with Crippen LogP contribution in [0.5, 0.6) is 11.5 Å². The monoisotopic (exact) mass is 427 g/mol. The molecule has 3 heterocycles. The van der Waals surface area contributed by atoms with Crippen LogP contribution in [0, 0.1) is 0 Å². The predicted molar refractivity (Wildman–Crippen MR) is 114 cm³/mol. The van der Waals surface area contributed by atoms with E-state index in [1.165, 1.54) is 4.88 Å². The van der Waals surface area contributed by atoms with Crippen molar-refractivity contribution in [3.8, 4) is 11.5 Å². The lowest BCUT2D eigenvalue weighted by atomic mass is 10.0. The van der Waals surface area contributed by atoms with Gasteiger partial charge in [0.25, 0.3) is 0 Å². The Morgan fingerprint density at radius 1 is 1.27 bits per heavy atom. The first-order chi connectivity index (χ1) is 14.6. The molecule has 0 saturated carbocycles. The number of carbonyl (C=O) groups is 1. The van der Waals surface area contributed by atoms with Gasteiger partial charge in [-0.25, -0.2) is 15.8 Å². The Bertz CT molecular complexity index is 982. The van der Waals surface area contributed by atoms with Gasteiger partial charge in [0.2, 0.25) is 5.91 Å². The molecule has 1 fully saturated rings. The number of hydrogen-bond donors (Lipinski definition) is 3. The summed E-state index contributed by atoms with van der Waals surface area (Å²) in [6, 6.07) is 8.97. The molecule has 8 nitrogen and oxygen atoms in total. The number of carbonyl (C=O) groups excluding carboxylic acids is 1. The highest BCUT2D eigenvalue weighted by molar-refractivity contribution is 7.10. The van der Waals surface area contributed by atoms with Crippen molar-refractivity contribution in [2.45, 2.75) is 24.5 Å². The molecule has 4 rings (SSSR count). The fourth-order valence-corrected chi connectivity index (χ4v) is 4.39. The van der Waals surface area contributed by atoms with Crippen LogP contribution in [0.4, 0.5) is 0 Å². The maximum absolute atomic E-state index is 13.1. The third-order valence-corrected chi connectivity index (χ3v) is 6.20. The van der Waals surface area contributed by atoms with Crippen molar-refractivity contribution in [3.05, 3.63) is 64.4 Å². The van der Waals surface area contributed by atoms with E-state index < -0.39 is 6.04 Å². The number of methoxy groups -OCH3 is 2. The molecule has 3 unspecified atom stereocenters. The number of rotatable bonds is 7. The lowest BCUT2D eigenvalue weighted by Gasteiger charge is -2.22. The van der Waals surface area contributed by atoms with Gasteiger partial charge in [0.1, 0.15) is 29.4 Å². The molecule has 0 radical (unpaired) electrons. The molecule has 30 heavy (non-hydrogen) atoms. The standard InChI is InChI=1S/C21H25N5O3S/c1-26-7-6-22-20(26)19(13-9-14(28-2)11-15(10-13)29-3)23-21(27)17-12-16(24-25-17)18-5-4-8-30-18/h4-11,16-17,19,24-25H,12H2,1-3H3,(H,23,27). The molecule has 0 spiro atoms. The number of nitrogens with zero attached hydrogens (tertiary/aromatic N) is 2. The van der Waals surface area contributed by atoms with Crippen molar-refractivity contribution in [2.24, 2.45) is 7.05 Å². The molecule has 3 atom stereocenters. The summed E-state index contributed by atoms with van der Waals surface area (Å²) in [6.45, 7) is 0. The van der Waals surface area contributed by atoms with Gasteiger partial charge in [0.15, 0.2) is 0 Å². The minimum Gasteiger partial charge on any atom is -0.497 e. The van der Waals surface area contributed by atoms with E-state index >= 15 is 0 Å². The average Bonchev–Trinajstić information content (AvgIpc) is 3.52. The van der Waals surface area contributed by atoms with E-state index in [1.807, 2.05) is 41.4 Å². The molecule has 1 aliphatic heterocycles. The van der Waals surface area contributed by atoms with E-state index in [2.05, 4.69) is 27.2 Å². The first-order valence-corrected chi connectivity index (χ1v) is 10.5. The maximum Gasteiger partial charge on any atom is 0.239 e. The van der Waals surface area contributed by atoms with E-state index in [4.69, 9.17) is 9.47 Å². The van der Waals surface area contributed by atoms with Crippen molar-refractivity contribution >= 4 is 17.2 Å². The molecule has 1 aliphatic rings. The summed E-state index contributed by atoms with van der Waals surface area (Å²) in [5, 5.41) is 5.19. The second-order valence-electron chi connectivity index (χ2n) is 7.13. The Morgan fingerprint density at radius 3 is 2.63 bits per heavy atom. The van der Waals surface area contributed by atoms with Gasteiger partial charge in [-0.05, 0) is 35.6 Å². The fraction of sp³-hybridized carbons (Fsp3) is 0.333. The number of benzene rings is 1. The number of imidazole rings is 1. The van der Waals surface area contributed by atoms with E-state index in [1.54, 1.807) is 37.8 Å². The zero-order valence-electron chi connectivity index (χ0n) is 17.1. The predicted octanol–water partition coefficient (Wildman–Crippen LogP) is 2.31. The molecule has 3 aromatic rings. The van der Waals surface area contributed by atoms with Crippen LogP contribution in [0.2, 0.25) is 0 Å². The number of aromatic nitrogens is 2. The summed E-state index contributed by atoms with van der Waals surface area (Å²) in [4.78, 5) is 18.8. The van der Waals surface area contributed by atoms with Gasteiger partial charge in [-0.15, -0.1) is 11.3 Å². The molecule has 0 bridgehead atoms. The summed E-state index contributed by atoms with van der Waals surface area (Å²) >= 11 is 1.68. The normalized spacial score (nSPS) is 19.4. The molecule has 1 aromatic carbocycles. The summed E-state index contributed by atoms with van der Waals surface area (Å²) in [6.07, 6.45) is 4.24. The molecular weight excluding hydrogens is 402 g/mol. The zero-order valence-corrected chi connectivity index (χ0v) is 17.9. The van der Waals surface area contributed by atoms with Crippen LogP contribution in [0.3, 0.4) is 0 Å². The van der Waals surface area contributed by atoms with Crippen molar-refractivity contribution in [2.75, 3.05) is 14.2 Å². The van der Waals surface area contributed by atoms with Crippen molar-refractivity contribution in [1.29, 1.82) is 0 Å². The Kier molecular flexibility index (Phi) is 6.03. The van der Waals surface area contributed by atoms with Crippen LogP contribution < -0.4 is 25.6 Å². The minimum absolute atomic E-state index is 0.101. The number of amides is 1. The summed E-state index contributed by atoms with van der Waals surface area (Å²) in [5.41, 5.74) is 7.18. The third-order valence-electron chi connectivity index (χ3n) is 5.22. The highest BCUT2D eigenvalue weighted by Crippen LogP contribution is 2.30. The largest absolute Gasteiger partial charge is 0.497 e. The van der Waals surface area contributed by atoms with Gasteiger partial charge < -0.3 is 19.4 Å². The quantitative estimate of drug-likeness (QED) is 0.536. The van der Waals surface area contributed by atoms with Crippen molar-refractivity contribution < 1.29 is 14.3 Å². The molecule has 0 aliphatic carbocycles. The van der Waals surface area contributed by atoms with E-state index in [-0.39, 0.29) is 18.0 Å². The Morgan fingerprint density at radius 2 is 2.03 bits per heavy atom. The Labute approximate surface area is 179 Å². The molecule has 1 amide bonds. The van der Waals surface area contributed by atoms with Crippen molar-refractivity contribution in [3.63, 3.8) is 0 Å². The van der Waals surface area contributed by atoms with Gasteiger partial charge in [0, 0.05) is 30.4 Å². The second-order valence-corrected chi connectivity index (χ2v) is 8.11. The summed E-state index contributed by atoms with van der Waals surface area (Å²) in [7, 11) is 5.11. The van der Waals surface area contributed by atoms with E-state index in [0.29, 0.717) is 17.9 Å². The lowest BCUT2D eigenvalue weighted by Crippen LogP contribution is -2.45. The van der Waals surface area contributed by atoms with Gasteiger partial charge in [0.05, 0.1) is 20.3 Å². The molecule has 3 N–H and O–H groups in total. The van der Waals surface area contributed by atoms with Crippen LogP contribution in [-0.2, 0) is 11.8 Å². The number of thiophene rings is 1. The second kappa shape index (κ2) is 8.86. The van der Waals surface area contributed by atoms with Crippen LogP contribution >= 0.6 is 11.3 Å². The van der Waals surface area contributed by atoms with Gasteiger partial charge in [-0.3, -0.25) is 4.79 Å². The number of aryl methyl sites for hydroxylation is 1. The molecule has 158 valence electrons. The smallest absolute Gasteiger partial charge is 0.239 e. The summed E-state index contributed by atoms with van der Waals surface area (Å²) in [5.74, 6) is 1.92. The fourth-order valence-electron chi connectivity index (χ4n) is 3.60. The first-order valence-electron chi connectivity index (χ1n) is 9.64. The van der Waals surface area contributed by atoms with Crippen LogP contribution in [0.1, 0.15) is 34.8 Å². The molecular formula is C21H25N5O3S. The molecule has 9 heteroatoms. The first kappa shape index (κ1) is 20.4. The highest BCUT2D eigenvalue weighted by Gasteiger charge is 2.33. The number of ether oxygens (including phenoxy) is 2. The van der Waals surface area contributed by atoms with Crippen LogP contribution in [-0.4, -0.2) is 35.7 Å². The third kappa shape index (κ3) is 4.18. The van der Waals surface area contributed by atoms with Crippen LogP contribution in [0.15, 0.2) is 48.1 Å². The minimum atomic E-state index is -0.455. The van der Waals surface area contributed by atoms with Gasteiger partial charge >= 0.3 is 0 Å². The molecule has 1 saturated heterocycles. The van der Waals surface area contributed by atoms with Crippen molar-refractivity contribution in [1.82, 2.24) is 25.7 Å². The number of nitrogens with one attached hydrogen (secondary N) is 3. The van der Waals surface area contributed by atoms with E-state index in [0.717, 1.165) is 11.4 Å². The number of hydrogen-bond acceptors (Lipinski definition) is 7. The SMILES string of the molecule is COc1cc(OC)cc(C(NC(=O)C2CC(c3cccs3)NN2)c2nccn2C)c1. The van der Waals surface area contributed by atoms with Gasteiger partial charge in [-0.1, -0.05) is 6.07 Å². The molecule has 2 aromatic heterocycles. The van der Waals surface area contributed by atoms with Gasteiger partial charge in [-0.2, -0.15) is 0 Å². The Balaban J connectivity index is 1.59. The average molecular weight is 428 g/mol. The Hall–Kier alpha value is -2.88. The zero-order chi connectivity index (χ0) is 21.1. The topological polar surface area (TPSA) is 89.4 Å².